The van der Waals surface area contributed by atoms with Crippen molar-refractivity contribution in [1.82, 2.24) is 10.3 Å². The Balaban J connectivity index is 1.74. The Morgan fingerprint density at radius 2 is 2.20 bits per heavy atom. The van der Waals surface area contributed by atoms with E-state index in [1.165, 1.54) is 19.3 Å². The molecule has 6 heteroatoms. The van der Waals surface area contributed by atoms with Gasteiger partial charge in [0, 0.05) is 12.2 Å². The summed E-state index contributed by atoms with van der Waals surface area (Å²) < 4.78 is 0. The average Bonchev–Trinajstić information content (AvgIpc) is 2.47. The van der Waals surface area contributed by atoms with Crippen molar-refractivity contribution >= 4 is 17.6 Å². The molecule has 1 amide bonds. The number of anilines is 1. The molecule has 6 nitrogen and oxygen atoms in total. The number of carbonyl (C=O) groups is 1. The molecule has 1 saturated carbocycles. The number of guanidine groups is 1. The van der Waals surface area contributed by atoms with Gasteiger partial charge >= 0.3 is 0 Å². The Morgan fingerprint density at radius 3 is 2.90 bits per heavy atom. The fourth-order valence-corrected chi connectivity index (χ4v) is 2.30. The van der Waals surface area contributed by atoms with E-state index >= 15 is 0 Å². The SMILES string of the molecule is NC(=NCC(=O)Nc1cccnc1)NC1CCCCC1. The summed E-state index contributed by atoms with van der Waals surface area (Å²) in [4.78, 5) is 19.7. The maximum absolute atomic E-state index is 11.7. The Kier molecular flexibility index (Phi) is 5.34. The third kappa shape index (κ3) is 4.87. The van der Waals surface area contributed by atoms with Crippen LogP contribution in [0.3, 0.4) is 0 Å². The lowest BCUT2D eigenvalue weighted by molar-refractivity contribution is -0.114. The van der Waals surface area contributed by atoms with Crippen LogP contribution in [-0.4, -0.2) is 29.4 Å². The van der Waals surface area contributed by atoms with Gasteiger partial charge in [-0.25, -0.2) is 4.99 Å². The van der Waals surface area contributed by atoms with Crippen LogP contribution in [0.4, 0.5) is 5.69 Å². The first kappa shape index (κ1) is 14.3. The first-order chi connectivity index (χ1) is 9.74. The molecule has 1 aliphatic rings. The molecule has 2 rings (SSSR count). The lowest BCUT2D eigenvalue weighted by atomic mass is 9.96. The van der Waals surface area contributed by atoms with Gasteiger partial charge < -0.3 is 16.4 Å². The number of amides is 1. The van der Waals surface area contributed by atoms with Gasteiger partial charge in [-0.15, -0.1) is 0 Å². The van der Waals surface area contributed by atoms with Gasteiger partial charge in [0.2, 0.25) is 5.91 Å². The summed E-state index contributed by atoms with van der Waals surface area (Å²) in [6.45, 7) is 0.0143. The predicted octanol–water partition coefficient (Wildman–Crippen LogP) is 1.26. The fourth-order valence-electron chi connectivity index (χ4n) is 2.30. The number of aromatic nitrogens is 1. The Bertz CT molecular complexity index is 454. The summed E-state index contributed by atoms with van der Waals surface area (Å²) in [6, 6.07) is 3.93. The van der Waals surface area contributed by atoms with Crippen molar-refractivity contribution in [3.63, 3.8) is 0 Å². The van der Waals surface area contributed by atoms with Gasteiger partial charge in [0.15, 0.2) is 5.96 Å². The van der Waals surface area contributed by atoms with Gasteiger partial charge in [-0.3, -0.25) is 9.78 Å². The number of nitrogens with zero attached hydrogens (tertiary/aromatic N) is 2. The number of aliphatic imine (C=N–C) groups is 1. The van der Waals surface area contributed by atoms with Gasteiger partial charge in [-0.1, -0.05) is 19.3 Å². The molecule has 4 N–H and O–H groups in total. The van der Waals surface area contributed by atoms with Crippen molar-refractivity contribution in [2.45, 2.75) is 38.1 Å². The molecule has 0 radical (unpaired) electrons. The lowest BCUT2D eigenvalue weighted by Crippen LogP contribution is -2.41. The van der Waals surface area contributed by atoms with E-state index in [-0.39, 0.29) is 12.5 Å². The molecule has 1 aromatic heterocycles. The van der Waals surface area contributed by atoms with Crippen LogP contribution >= 0.6 is 0 Å². The van der Waals surface area contributed by atoms with Crippen LogP contribution < -0.4 is 16.4 Å². The highest BCUT2D eigenvalue weighted by atomic mass is 16.1. The van der Waals surface area contributed by atoms with Gasteiger partial charge in [0.25, 0.3) is 0 Å². The smallest absolute Gasteiger partial charge is 0.246 e. The Morgan fingerprint density at radius 1 is 1.40 bits per heavy atom. The van der Waals surface area contributed by atoms with Crippen LogP contribution in [0.15, 0.2) is 29.5 Å². The molecule has 1 fully saturated rings. The van der Waals surface area contributed by atoms with E-state index in [1.54, 1.807) is 24.5 Å². The zero-order valence-corrected chi connectivity index (χ0v) is 11.5. The highest BCUT2D eigenvalue weighted by molar-refractivity contribution is 5.93. The predicted molar refractivity (Wildman–Crippen MR) is 79.4 cm³/mol. The summed E-state index contributed by atoms with van der Waals surface area (Å²) in [7, 11) is 0. The molecule has 0 spiro atoms. The standard InChI is InChI=1S/C14H21N5O/c15-14(19-11-5-2-1-3-6-11)17-10-13(20)18-12-7-4-8-16-9-12/h4,7-9,11H,1-3,5-6,10H2,(H,18,20)(H3,15,17,19). The van der Waals surface area contributed by atoms with Crippen LogP contribution in [0.5, 0.6) is 0 Å². The molecule has 1 aliphatic carbocycles. The molecule has 20 heavy (non-hydrogen) atoms. The average molecular weight is 275 g/mol. The van der Waals surface area contributed by atoms with E-state index in [0.717, 1.165) is 12.8 Å². The quantitative estimate of drug-likeness (QED) is 0.569. The number of hydrogen-bond acceptors (Lipinski definition) is 3. The number of nitrogens with two attached hydrogens (primary N) is 1. The molecule has 0 bridgehead atoms. The van der Waals surface area contributed by atoms with Gasteiger partial charge in [-0.05, 0) is 25.0 Å². The van der Waals surface area contributed by atoms with E-state index in [9.17, 15) is 4.79 Å². The van der Waals surface area contributed by atoms with Crippen molar-refractivity contribution in [2.75, 3.05) is 11.9 Å². The van der Waals surface area contributed by atoms with Crippen LogP contribution in [0, 0.1) is 0 Å². The first-order valence-corrected chi connectivity index (χ1v) is 7.00. The summed E-state index contributed by atoms with van der Waals surface area (Å²) in [5, 5.41) is 5.88. The fraction of sp³-hybridized carbons (Fsp3) is 0.500. The maximum atomic E-state index is 11.7. The van der Waals surface area contributed by atoms with E-state index in [1.807, 2.05) is 0 Å². The second-order valence-electron chi connectivity index (χ2n) is 4.97. The van der Waals surface area contributed by atoms with Crippen LogP contribution in [0.25, 0.3) is 0 Å². The zero-order valence-electron chi connectivity index (χ0n) is 11.5. The first-order valence-electron chi connectivity index (χ1n) is 7.00. The summed E-state index contributed by atoms with van der Waals surface area (Å²) in [5.41, 5.74) is 6.45. The molecule has 1 heterocycles. The van der Waals surface area contributed by atoms with E-state index in [4.69, 9.17) is 5.73 Å². The molecule has 0 atom stereocenters. The Hall–Kier alpha value is -2.11. The van der Waals surface area contributed by atoms with Gasteiger partial charge in [0.05, 0.1) is 11.9 Å². The van der Waals surface area contributed by atoms with Crippen molar-refractivity contribution in [1.29, 1.82) is 0 Å². The van der Waals surface area contributed by atoms with Crippen molar-refractivity contribution in [3.05, 3.63) is 24.5 Å². The van der Waals surface area contributed by atoms with Crippen LogP contribution in [-0.2, 0) is 4.79 Å². The summed E-state index contributed by atoms with van der Waals surface area (Å²) in [5.74, 6) is 0.143. The van der Waals surface area contributed by atoms with E-state index in [0.29, 0.717) is 17.7 Å². The molecule has 1 aromatic rings. The number of pyridine rings is 1. The van der Waals surface area contributed by atoms with Gasteiger partial charge in [0.1, 0.15) is 6.54 Å². The monoisotopic (exact) mass is 275 g/mol. The number of carbonyl (C=O) groups excluding carboxylic acids is 1. The molecular formula is C14H21N5O. The third-order valence-electron chi connectivity index (χ3n) is 3.30. The largest absolute Gasteiger partial charge is 0.370 e. The van der Waals surface area contributed by atoms with Crippen LogP contribution in [0.2, 0.25) is 0 Å². The molecule has 0 unspecified atom stereocenters. The maximum Gasteiger partial charge on any atom is 0.246 e. The number of hydrogen-bond donors (Lipinski definition) is 3. The highest BCUT2D eigenvalue weighted by Crippen LogP contribution is 2.16. The van der Waals surface area contributed by atoms with E-state index < -0.39 is 0 Å². The van der Waals surface area contributed by atoms with Crippen molar-refractivity contribution in [2.24, 2.45) is 10.7 Å². The summed E-state index contributed by atoms with van der Waals surface area (Å²) >= 11 is 0. The zero-order chi connectivity index (χ0) is 14.2. The lowest BCUT2D eigenvalue weighted by Gasteiger charge is -2.23. The number of rotatable bonds is 4. The van der Waals surface area contributed by atoms with Gasteiger partial charge in [-0.2, -0.15) is 0 Å². The normalized spacial score (nSPS) is 16.7. The molecule has 108 valence electrons. The molecule has 0 saturated heterocycles. The number of nitrogens with one attached hydrogen (secondary N) is 2. The minimum atomic E-state index is -0.202. The third-order valence-corrected chi connectivity index (χ3v) is 3.30. The second-order valence-corrected chi connectivity index (χ2v) is 4.97. The second kappa shape index (κ2) is 7.47. The highest BCUT2D eigenvalue weighted by Gasteiger charge is 2.13. The molecule has 0 aliphatic heterocycles. The minimum absolute atomic E-state index is 0.0143. The topological polar surface area (TPSA) is 92.4 Å². The summed E-state index contributed by atoms with van der Waals surface area (Å²) in [6.07, 6.45) is 9.24. The Labute approximate surface area is 118 Å². The molecular weight excluding hydrogens is 254 g/mol. The van der Waals surface area contributed by atoms with Crippen LogP contribution in [0.1, 0.15) is 32.1 Å². The minimum Gasteiger partial charge on any atom is -0.370 e. The molecule has 0 aromatic carbocycles. The van der Waals surface area contributed by atoms with E-state index in [2.05, 4.69) is 20.6 Å². The van der Waals surface area contributed by atoms with Crippen molar-refractivity contribution in [3.8, 4) is 0 Å². The van der Waals surface area contributed by atoms with Crippen molar-refractivity contribution < 1.29 is 4.79 Å².